The fourth-order valence-corrected chi connectivity index (χ4v) is 3.62. The summed E-state index contributed by atoms with van der Waals surface area (Å²) in [6.45, 7) is 1.34. The first-order valence-corrected chi connectivity index (χ1v) is 7.94. The summed E-state index contributed by atoms with van der Waals surface area (Å²) < 4.78 is 13.5. The zero-order valence-electron chi connectivity index (χ0n) is 12.4. The van der Waals surface area contributed by atoms with Gasteiger partial charge in [0, 0.05) is 48.1 Å². The average molecular weight is 298 g/mol. The van der Waals surface area contributed by atoms with Crippen molar-refractivity contribution < 1.29 is 9.18 Å². The van der Waals surface area contributed by atoms with E-state index in [0.29, 0.717) is 18.9 Å². The van der Waals surface area contributed by atoms with Crippen LogP contribution in [0.2, 0.25) is 0 Å². The number of aromatic nitrogens is 1. The summed E-state index contributed by atoms with van der Waals surface area (Å²) in [4.78, 5) is 17.8. The fourth-order valence-electron chi connectivity index (χ4n) is 3.62. The zero-order chi connectivity index (χ0) is 15.1. The van der Waals surface area contributed by atoms with Gasteiger partial charge in [-0.1, -0.05) is 12.2 Å². The second-order valence-corrected chi connectivity index (χ2v) is 6.31. The summed E-state index contributed by atoms with van der Waals surface area (Å²) in [5.74, 6) is 0.385. The predicted octanol–water partition coefficient (Wildman–Crippen LogP) is 3.55. The van der Waals surface area contributed by atoms with Gasteiger partial charge in [0.1, 0.15) is 5.82 Å². The molecule has 2 aliphatic rings. The highest BCUT2D eigenvalue weighted by Gasteiger charge is 2.25. The number of hydrogen-bond acceptors (Lipinski definition) is 1. The number of aromatic amines is 1. The third-order valence-corrected chi connectivity index (χ3v) is 4.84. The van der Waals surface area contributed by atoms with Gasteiger partial charge in [0.15, 0.2) is 0 Å². The molecule has 4 rings (SSSR count). The van der Waals surface area contributed by atoms with Crippen LogP contribution in [-0.2, 0) is 17.8 Å². The highest BCUT2D eigenvalue weighted by Crippen LogP contribution is 2.29. The van der Waals surface area contributed by atoms with Crippen LogP contribution < -0.4 is 0 Å². The van der Waals surface area contributed by atoms with E-state index in [1.807, 2.05) is 4.90 Å². The van der Waals surface area contributed by atoms with Crippen LogP contribution in [0.1, 0.15) is 30.5 Å². The number of benzene rings is 1. The van der Waals surface area contributed by atoms with Gasteiger partial charge in [-0.2, -0.15) is 0 Å². The van der Waals surface area contributed by atoms with E-state index in [1.165, 1.54) is 6.07 Å². The largest absolute Gasteiger partial charge is 0.358 e. The number of rotatable bonds is 2. The van der Waals surface area contributed by atoms with Crippen LogP contribution >= 0.6 is 0 Å². The molecule has 1 amide bonds. The van der Waals surface area contributed by atoms with Crippen molar-refractivity contribution in [1.29, 1.82) is 0 Å². The van der Waals surface area contributed by atoms with E-state index in [2.05, 4.69) is 17.1 Å². The Labute approximate surface area is 128 Å². The van der Waals surface area contributed by atoms with Gasteiger partial charge in [-0.25, -0.2) is 4.39 Å². The van der Waals surface area contributed by atoms with Gasteiger partial charge >= 0.3 is 0 Å². The molecule has 1 aromatic carbocycles. The normalized spacial score (nSPS) is 20.6. The Kier molecular flexibility index (Phi) is 3.25. The van der Waals surface area contributed by atoms with E-state index in [0.717, 1.165) is 48.0 Å². The Morgan fingerprint density at radius 3 is 3.14 bits per heavy atom. The molecular weight excluding hydrogens is 279 g/mol. The van der Waals surface area contributed by atoms with Crippen molar-refractivity contribution in [2.75, 3.05) is 6.54 Å². The second-order valence-electron chi connectivity index (χ2n) is 6.31. The molecule has 0 radical (unpaired) electrons. The highest BCUT2D eigenvalue weighted by molar-refractivity contribution is 5.86. The summed E-state index contributed by atoms with van der Waals surface area (Å²) in [6.07, 6.45) is 7.91. The summed E-state index contributed by atoms with van der Waals surface area (Å²) in [7, 11) is 0. The lowest BCUT2D eigenvalue weighted by atomic mass is 10.0. The summed E-state index contributed by atoms with van der Waals surface area (Å²) in [6, 6.07) is 4.82. The van der Waals surface area contributed by atoms with Crippen LogP contribution in [0.25, 0.3) is 10.9 Å². The van der Waals surface area contributed by atoms with Crippen molar-refractivity contribution >= 4 is 16.8 Å². The number of fused-ring (bicyclic) bond motifs is 3. The van der Waals surface area contributed by atoms with Crippen LogP contribution in [0, 0.1) is 11.7 Å². The molecule has 1 aliphatic heterocycles. The summed E-state index contributed by atoms with van der Waals surface area (Å²) >= 11 is 0. The molecule has 1 N–H and O–H groups in total. The molecule has 2 heterocycles. The van der Waals surface area contributed by atoms with Crippen LogP contribution in [0.4, 0.5) is 4.39 Å². The Hall–Kier alpha value is -2.10. The van der Waals surface area contributed by atoms with Gasteiger partial charge in [0.25, 0.3) is 0 Å². The molecule has 0 fully saturated rings. The molecule has 0 spiro atoms. The molecule has 0 saturated heterocycles. The van der Waals surface area contributed by atoms with Crippen molar-refractivity contribution in [3.8, 4) is 0 Å². The van der Waals surface area contributed by atoms with Gasteiger partial charge < -0.3 is 9.88 Å². The summed E-state index contributed by atoms with van der Waals surface area (Å²) in [5.41, 5.74) is 3.18. The zero-order valence-corrected chi connectivity index (χ0v) is 12.4. The van der Waals surface area contributed by atoms with Crippen molar-refractivity contribution in [2.45, 2.75) is 32.2 Å². The van der Waals surface area contributed by atoms with Gasteiger partial charge in [-0.05, 0) is 37.0 Å². The first-order valence-electron chi connectivity index (χ1n) is 7.94. The summed E-state index contributed by atoms with van der Waals surface area (Å²) in [5, 5.41) is 0.910. The predicted molar refractivity (Wildman–Crippen MR) is 83.9 cm³/mol. The number of nitrogens with one attached hydrogen (secondary N) is 1. The first-order chi connectivity index (χ1) is 10.7. The second kappa shape index (κ2) is 5.27. The monoisotopic (exact) mass is 298 g/mol. The highest BCUT2D eigenvalue weighted by atomic mass is 19.1. The van der Waals surface area contributed by atoms with E-state index in [1.54, 1.807) is 12.1 Å². The minimum atomic E-state index is -0.228. The molecule has 1 atom stereocenters. The lowest BCUT2D eigenvalue weighted by molar-refractivity contribution is -0.132. The van der Waals surface area contributed by atoms with Crippen LogP contribution in [0.3, 0.4) is 0 Å². The number of H-pyrrole nitrogens is 1. The van der Waals surface area contributed by atoms with Crippen molar-refractivity contribution in [3.05, 3.63) is 47.4 Å². The van der Waals surface area contributed by atoms with Crippen molar-refractivity contribution in [2.24, 2.45) is 5.92 Å². The Morgan fingerprint density at radius 2 is 2.32 bits per heavy atom. The number of amides is 1. The quantitative estimate of drug-likeness (QED) is 0.846. The van der Waals surface area contributed by atoms with E-state index < -0.39 is 0 Å². The Bertz CT molecular complexity index is 762. The van der Waals surface area contributed by atoms with Crippen LogP contribution in [-0.4, -0.2) is 22.3 Å². The maximum absolute atomic E-state index is 13.5. The van der Waals surface area contributed by atoms with E-state index in [-0.39, 0.29) is 11.7 Å². The van der Waals surface area contributed by atoms with E-state index in [9.17, 15) is 9.18 Å². The first kappa shape index (κ1) is 13.6. The molecule has 1 aromatic heterocycles. The number of carbonyl (C=O) groups is 1. The number of halogens is 1. The SMILES string of the molecule is O=C(C[C@H]1C=CCC1)N1CCc2[nH]c3ccc(F)cc3c2C1. The number of hydrogen-bond donors (Lipinski definition) is 1. The molecule has 4 heteroatoms. The molecule has 0 unspecified atom stereocenters. The minimum absolute atomic E-state index is 0.216. The molecule has 3 nitrogen and oxygen atoms in total. The van der Waals surface area contributed by atoms with E-state index in [4.69, 9.17) is 0 Å². The van der Waals surface area contributed by atoms with Gasteiger partial charge in [-0.15, -0.1) is 0 Å². The molecule has 22 heavy (non-hydrogen) atoms. The number of allylic oxidation sites excluding steroid dienone is 2. The van der Waals surface area contributed by atoms with Crippen molar-refractivity contribution in [3.63, 3.8) is 0 Å². The van der Waals surface area contributed by atoms with Crippen molar-refractivity contribution in [1.82, 2.24) is 9.88 Å². The van der Waals surface area contributed by atoms with Crippen LogP contribution in [0.5, 0.6) is 0 Å². The number of nitrogens with zero attached hydrogens (tertiary/aromatic N) is 1. The average Bonchev–Trinajstić information content (AvgIpc) is 3.14. The lowest BCUT2D eigenvalue weighted by Crippen LogP contribution is -2.36. The molecule has 0 bridgehead atoms. The maximum atomic E-state index is 13.5. The molecule has 1 aliphatic carbocycles. The Morgan fingerprint density at radius 1 is 1.41 bits per heavy atom. The third kappa shape index (κ3) is 2.32. The molecule has 114 valence electrons. The van der Waals surface area contributed by atoms with Gasteiger partial charge in [-0.3, -0.25) is 4.79 Å². The molecule has 2 aromatic rings. The molecule has 0 saturated carbocycles. The fraction of sp³-hybridized carbons (Fsp3) is 0.389. The lowest BCUT2D eigenvalue weighted by Gasteiger charge is -2.28. The Balaban J connectivity index is 1.57. The van der Waals surface area contributed by atoms with E-state index >= 15 is 0 Å². The number of carbonyl (C=O) groups excluding carboxylic acids is 1. The third-order valence-electron chi connectivity index (χ3n) is 4.84. The van der Waals surface area contributed by atoms with Gasteiger partial charge in [0.2, 0.25) is 5.91 Å². The van der Waals surface area contributed by atoms with Crippen LogP contribution in [0.15, 0.2) is 30.4 Å². The van der Waals surface area contributed by atoms with Gasteiger partial charge in [0.05, 0.1) is 0 Å². The standard InChI is InChI=1S/C18H19FN2O/c19-13-5-6-16-14(10-13)15-11-21(8-7-17(15)20-16)18(22)9-12-3-1-2-4-12/h1,3,5-6,10,12,20H,2,4,7-9,11H2/t12-/m0/s1. The smallest absolute Gasteiger partial charge is 0.223 e. The molecular formula is C18H19FN2O. The topological polar surface area (TPSA) is 36.1 Å². The minimum Gasteiger partial charge on any atom is -0.358 e. The maximum Gasteiger partial charge on any atom is 0.223 e.